The Balaban J connectivity index is 1.53. The van der Waals surface area contributed by atoms with Crippen LogP contribution in [0.2, 0.25) is 0 Å². The Morgan fingerprint density at radius 3 is 1.88 bits per heavy atom. The van der Waals surface area contributed by atoms with Gasteiger partial charge >= 0.3 is 0 Å². The molecule has 0 amide bonds. The van der Waals surface area contributed by atoms with Crippen LogP contribution in [0.3, 0.4) is 0 Å². The Kier molecular flexibility index (Phi) is 3.32. The van der Waals surface area contributed by atoms with Crippen LogP contribution < -0.4 is 4.74 Å². The molecule has 2 bridgehead atoms. The van der Waals surface area contributed by atoms with Gasteiger partial charge in [-0.25, -0.2) is 0 Å². The molecule has 3 aliphatic rings. The molecule has 0 unspecified atom stereocenters. The molecule has 1 atom stereocenters. The van der Waals surface area contributed by atoms with Gasteiger partial charge in [0.15, 0.2) is 0 Å². The van der Waals surface area contributed by atoms with E-state index in [9.17, 15) is 10.1 Å². The van der Waals surface area contributed by atoms with E-state index >= 15 is 0 Å². The van der Waals surface area contributed by atoms with Crippen LogP contribution in [0.15, 0.2) is 72.8 Å². The van der Waals surface area contributed by atoms with Gasteiger partial charge < -0.3 is 4.74 Å². The first-order chi connectivity index (χ1) is 12.7. The van der Waals surface area contributed by atoms with E-state index in [2.05, 4.69) is 48.5 Å². The zero-order valence-electron chi connectivity index (χ0n) is 14.0. The zero-order valence-corrected chi connectivity index (χ0v) is 14.0. The summed E-state index contributed by atoms with van der Waals surface area (Å²) in [6.07, 6.45) is 0.960. The number of hydrogen-bond acceptors (Lipinski definition) is 3. The SMILES string of the molecule is O=[N+]([O-])c1ccc(O[C@@H]2CC3c4ccccc4C2c2ccccc23)cc1. The lowest BCUT2D eigenvalue weighted by molar-refractivity contribution is -0.384. The van der Waals surface area contributed by atoms with Crippen molar-refractivity contribution >= 4 is 5.69 Å². The summed E-state index contributed by atoms with van der Waals surface area (Å²) in [7, 11) is 0. The number of nitro benzene ring substituents is 1. The summed E-state index contributed by atoms with van der Waals surface area (Å²) in [6, 6.07) is 23.6. The summed E-state index contributed by atoms with van der Waals surface area (Å²) < 4.78 is 6.32. The van der Waals surface area contributed by atoms with Gasteiger partial charge in [0.05, 0.1) is 4.92 Å². The molecule has 3 aliphatic carbocycles. The maximum Gasteiger partial charge on any atom is 0.269 e. The molecule has 0 aliphatic heterocycles. The van der Waals surface area contributed by atoms with Crippen LogP contribution in [0.25, 0.3) is 0 Å². The summed E-state index contributed by atoms with van der Waals surface area (Å²) in [4.78, 5) is 10.5. The first-order valence-corrected chi connectivity index (χ1v) is 8.81. The summed E-state index contributed by atoms with van der Waals surface area (Å²) >= 11 is 0. The van der Waals surface area contributed by atoms with Crippen molar-refractivity contribution in [2.24, 2.45) is 0 Å². The van der Waals surface area contributed by atoms with Crippen LogP contribution in [0.4, 0.5) is 5.69 Å². The van der Waals surface area contributed by atoms with Crippen molar-refractivity contribution in [2.75, 3.05) is 0 Å². The Labute approximate surface area is 151 Å². The molecule has 128 valence electrons. The van der Waals surface area contributed by atoms with Gasteiger partial charge in [0.1, 0.15) is 11.9 Å². The molecule has 4 nitrogen and oxygen atoms in total. The molecule has 0 aromatic heterocycles. The average Bonchev–Trinajstić information content (AvgIpc) is 2.69. The Morgan fingerprint density at radius 2 is 1.35 bits per heavy atom. The van der Waals surface area contributed by atoms with Gasteiger partial charge in [-0.3, -0.25) is 10.1 Å². The van der Waals surface area contributed by atoms with E-state index < -0.39 is 4.92 Å². The number of ether oxygens (including phenoxy) is 1. The molecule has 0 saturated carbocycles. The van der Waals surface area contributed by atoms with Crippen LogP contribution in [-0.2, 0) is 0 Å². The molecule has 0 N–H and O–H groups in total. The molecule has 26 heavy (non-hydrogen) atoms. The van der Waals surface area contributed by atoms with E-state index in [0.717, 1.165) is 6.42 Å². The second-order valence-electron chi connectivity index (χ2n) is 6.93. The topological polar surface area (TPSA) is 52.4 Å². The van der Waals surface area contributed by atoms with Crippen LogP contribution in [0, 0.1) is 10.1 Å². The third kappa shape index (κ3) is 2.22. The molecular formula is C22H17NO3. The van der Waals surface area contributed by atoms with Crippen molar-refractivity contribution in [3.05, 3.63) is 105 Å². The number of hydrogen-bond donors (Lipinski definition) is 0. The monoisotopic (exact) mass is 343 g/mol. The quantitative estimate of drug-likeness (QED) is 0.495. The maximum absolute atomic E-state index is 10.8. The minimum Gasteiger partial charge on any atom is -0.489 e. The van der Waals surface area contributed by atoms with Crippen LogP contribution in [0.5, 0.6) is 5.75 Å². The second kappa shape index (κ2) is 5.70. The van der Waals surface area contributed by atoms with E-state index in [1.807, 2.05) is 0 Å². The van der Waals surface area contributed by atoms with Crippen LogP contribution in [-0.4, -0.2) is 11.0 Å². The Hall–Kier alpha value is -3.14. The lowest BCUT2D eigenvalue weighted by Crippen LogP contribution is -2.39. The molecule has 3 aromatic rings. The molecular weight excluding hydrogens is 326 g/mol. The van der Waals surface area contributed by atoms with Crippen molar-refractivity contribution in [3.8, 4) is 5.75 Å². The van der Waals surface area contributed by atoms with Gasteiger partial charge in [-0.05, 0) is 40.8 Å². The van der Waals surface area contributed by atoms with Gasteiger partial charge in [0.2, 0.25) is 0 Å². The number of benzene rings is 3. The molecule has 6 rings (SSSR count). The van der Waals surface area contributed by atoms with E-state index in [-0.39, 0.29) is 17.7 Å². The average molecular weight is 343 g/mol. The number of rotatable bonds is 3. The third-order valence-corrected chi connectivity index (χ3v) is 5.59. The van der Waals surface area contributed by atoms with Crippen molar-refractivity contribution in [3.63, 3.8) is 0 Å². The number of nitrogens with zero attached hydrogens (tertiary/aromatic N) is 1. The largest absolute Gasteiger partial charge is 0.489 e. The summed E-state index contributed by atoms with van der Waals surface area (Å²) in [5, 5.41) is 10.8. The zero-order chi connectivity index (χ0) is 17.7. The van der Waals surface area contributed by atoms with E-state index in [0.29, 0.717) is 11.7 Å². The Morgan fingerprint density at radius 1 is 0.808 bits per heavy atom. The van der Waals surface area contributed by atoms with E-state index in [1.165, 1.54) is 34.4 Å². The normalized spacial score (nSPS) is 22.4. The molecule has 0 spiro atoms. The van der Waals surface area contributed by atoms with Gasteiger partial charge in [0.25, 0.3) is 5.69 Å². The van der Waals surface area contributed by atoms with Crippen molar-refractivity contribution in [1.82, 2.24) is 0 Å². The van der Waals surface area contributed by atoms with Crippen LogP contribution >= 0.6 is 0 Å². The highest BCUT2D eigenvalue weighted by Crippen LogP contribution is 2.53. The highest BCUT2D eigenvalue weighted by atomic mass is 16.6. The van der Waals surface area contributed by atoms with E-state index in [1.54, 1.807) is 12.1 Å². The fraction of sp³-hybridized carbons (Fsp3) is 0.182. The standard InChI is InChI=1S/C22H17NO3/c24-23(25)14-9-11-15(12-10-14)26-21-13-20-16-5-1-3-7-18(16)22(21)19-8-4-2-6-17(19)20/h1-12,20-22H,13H2/t20?,21-,22?/m1/s1. The molecule has 0 heterocycles. The smallest absolute Gasteiger partial charge is 0.269 e. The number of fused-ring (bicyclic) bond motifs is 1. The lowest BCUT2D eigenvalue weighted by atomic mass is 9.62. The van der Waals surface area contributed by atoms with E-state index in [4.69, 9.17) is 4.74 Å². The minimum atomic E-state index is -0.390. The minimum absolute atomic E-state index is 0.0336. The number of non-ortho nitro benzene ring substituents is 1. The van der Waals surface area contributed by atoms with Gasteiger partial charge in [0, 0.05) is 24.0 Å². The summed E-state index contributed by atoms with van der Waals surface area (Å²) in [6.45, 7) is 0. The van der Waals surface area contributed by atoms with Gasteiger partial charge in [-0.1, -0.05) is 48.5 Å². The molecule has 0 saturated heterocycles. The molecule has 3 aromatic carbocycles. The predicted octanol–water partition coefficient (Wildman–Crippen LogP) is 5.02. The predicted molar refractivity (Wildman–Crippen MR) is 98.7 cm³/mol. The second-order valence-corrected chi connectivity index (χ2v) is 6.93. The summed E-state index contributed by atoms with van der Waals surface area (Å²) in [5.74, 6) is 1.22. The highest BCUT2D eigenvalue weighted by molar-refractivity contribution is 5.56. The fourth-order valence-corrected chi connectivity index (χ4v) is 4.52. The van der Waals surface area contributed by atoms with Crippen molar-refractivity contribution < 1.29 is 9.66 Å². The van der Waals surface area contributed by atoms with Gasteiger partial charge in [-0.2, -0.15) is 0 Å². The molecule has 0 fully saturated rings. The number of nitro groups is 1. The van der Waals surface area contributed by atoms with Gasteiger partial charge in [-0.15, -0.1) is 0 Å². The first kappa shape index (κ1) is 15.1. The van der Waals surface area contributed by atoms with Crippen molar-refractivity contribution in [2.45, 2.75) is 24.4 Å². The lowest BCUT2D eigenvalue weighted by Gasteiger charge is -2.45. The summed E-state index contributed by atoms with van der Waals surface area (Å²) in [5.41, 5.74) is 5.57. The highest BCUT2D eigenvalue weighted by Gasteiger charge is 2.44. The van der Waals surface area contributed by atoms with Crippen LogP contribution in [0.1, 0.15) is 40.5 Å². The Bertz CT molecular complexity index is 949. The molecule has 4 heteroatoms. The molecule has 0 radical (unpaired) electrons. The first-order valence-electron chi connectivity index (χ1n) is 8.81. The van der Waals surface area contributed by atoms with Crippen molar-refractivity contribution in [1.29, 1.82) is 0 Å². The fourth-order valence-electron chi connectivity index (χ4n) is 4.52. The third-order valence-electron chi connectivity index (χ3n) is 5.59. The maximum atomic E-state index is 10.8.